The van der Waals surface area contributed by atoms with Gasteiger partial charge >= 0.3 is 11.9 Å². The Kier molecular flexibility index (Phi) is 3.78. The molecule has 2 atom stereocenters. The zero-order valence-corrected chi connectivity index (χ0v) is 8.70. The third kappa shape index (κ3) is 7.58. The highest BCUT2D eigenvalue weighted by Crippen LogP contribution is 2.07. The van der Waals surface area contributed by atoms with Crippen LogP contribution < -0.4 is 0 Å². The molecule has 0 amide bonds. The number of carbonyl (C=O) groups is 2. The number of esters is 2. The van der Waals surface area contributed by atoms with E-state index in [2.05, 4.69) is 0 Å². The van der Waals surface area contributed by atoms with Crippen molar-refractivity contribution in [3.05, 3.63) is 0 Å². The quantitative estimate of drug-likeness (QED) is 0.641. The molecule has 0 aliphatic carbocycles. The summed E-state index contributed by atoms with van der Waals surface area (Å²) in [5.41, 5.74) is 0. The molecule has 0 bridgehead atoms. The molecule has 0 aromatic heterocycles. The van der Waals surface area contributed by atoms with E-state index in [1.54, 1.807) is 13.8 Å². The van der Waals surface area contributed by atoms with Gasteiger partial charge in [-0.1, -0.05) is 0 Å². The van der Waals surface area contributed by atoms with Crippen LogP contribution in [0.25, 0.3) is 0 Å². The Morgan fingerprint density at radius 1 is 1.14 bits per heavy atom. The lowest BCUT2D eigenvalue weighted by Gasteiger charge is -2.15. The molecule has 0 aliphatic heterocycles. The van der Waals surface area contributed by atoms with Gasteiger partial charge in [-0.3, -0.25) is 9.59 Å². The lowest BCUT2D eigenvalue weighted by Crippen LogP contribution is -2.17. The Labute approximate surface area is 88.8 Å². The molecule has 82 valence electrons. The highest BCUT2D eigenvalue weighted by molar-refractivity contribution is 5.66. The van der Waals surface area contributed by atoms with E-state index in [9.17, 15) is 9.59 Å². The van der Waals surface area contributed by atoms with Gasteiger partial charge in [0.25, 0.3) is 0 Å². The maximum Gasteiger partial charge on any atom is 0.302 e. The molecule has 4 nitrogen and oxygen atoms in total. The predicted octanol–water partition coefficient (Wildman–Crippen LogP) is 1.67. The molecule has 0 rings (SSSR count). The van der Waals surface area contributed by atoms with Crippen molar-refractivity contribution in [2.45, 2.75) is 52.7 Å². The molecule has 4 heteroatoms. The highest BCUT2D eigenvalue weighted by atomic mass is 16.5. The average Bonchev–Trinajstić information content (AvgIpc) is 2.12. The summed E-state index contributed by atoms with van der Waals surface area (Å²) >= 11 is 0. The van der Waals surface area contributed by atoms with Crippen LogP contribution in [0.5, 0.6) is 0 Å². The highest BCUT2D eigenvalue weighted by Gasteiger charge is 2.10. The molecule has 0 aliphatic rings. The van der Waals surface area contributed by atoms with E-state index in [1.807, 2.05) is 0 Å². The topological polar surface area (TPSA) is 52.6 Å². The van der Waals surface area contributed by atoms with Gasteiger partial charge in [0.2, 0.25) is 0 Å². The van der Waals surface area contributed by atoms with Crippen LogP contribution in [0.15, 0.2) is 0 Å². The Morgan fingerprint density at radius 2 is 1.57 bits per heavy atom. The maximum absolute atomic E-state index is 11.0. The van der Waals surface area contributed by atoms with Crippen molar-refractivity contribution < 1.29 is 23.2 Å². The largest absolute Gasteiger partial charge is 0.463 e. The van der Waals surface area contributed by atoms with Crippen molar-refractivity contribution >= 4 is 11.9 Å². The molecule has 0 aromatic rings. The maximum atomic E-state index is 11.0. The fourth-order valence-electron chi connectivity index (χ4n) is 1.05. The molecule has 0 spiro atoms. The van der Waals surface area contributed by atoms with Crippen LogP contribution in [0.1, 0.15) is 44.6 Å². The molecule has 0 saturated carbocycles. The second-order valence-corrected chi connectivity index (χ2v) is 3.21. The summed E-state index contributed by atoms with van der Waals surface area (Å²) < 4.78 is 30.1. The normalized spacial score (nSPS) is 18.4. The first kappa shape index (κ1) is 8.26. The van der Waals surface area contributed by atoms with E-state index in [0.29, 0.717) is 12.8 Å². The average molecular weight is 205 g/mol. The minimum atomic E-state index is -2.73. The Morgan fingerprint density at radius 3 is 1.93 bits per heavy atom. The van der Waals surface area contributed by atoms with Gasteiger partial charge in [0.05, 0.1) is 12.2 Å². The molecule has 0 saturated heterocycles. The minimum Gasteiger partial charge on any atom is -0.463 e. The molecular formula is C10H18O4. The van der Waals surface area contributed by atoms with Crippen LogP contribution >= 0.6 is 0 Å². The zero-order valence-electron chi connectivity index (χ0n) is 11.7. The van der Waals surface area contributed by atoms with Crippen LogP contribution in [0, 0.1) is 0 Å². The molecule has 14 heavy (non-hydrogen) atoms. The zero-order chi connectivity index (χ0) is 13.6. The summed E-state index contributed by atoms with van der Waals surface area (Å²) in [5.74, 6) is -1.57. The minimum absolute atomic E-state index is 0.276. The lowest BCUT2D eigenvalue weighted by atomic mass is 10.1. The number of ether oxygens (including phenoxy) is 2. The molecule has 0 heterocycles. The van der Waals surface area contributed by atoms with E-state index < -0.39 is 18.9 Å². The number of carbonyl (C=O) groups excluding carboxylic acids is 2. The van der Waals surface area contributed by atoms with Crippen LogP contribution in [0.2, 0.25) is 0 Å². The predicted molar refractivity (Wildman–Crippen MR) is 51.7 cm³/mol. The van der Waals surface area contributed by atoms with E-state index in [4.69, 9.17) is 13.6 Å². The first-order valence-electron chi connectivity index (χ1n) is 6.01. The van der Waals surface area contributed by atoms with Crippen molar-refractivity contribution in [3.63, 3.8) is 0 Å². The van der Waals surface area contributed by atoms with Crippen molar-refractivity contribution in [1.29, 1.82) is 0 Å². The van der Waals surface area contributed by atoms with Gasteiger partial charge < -0.3 is 9.47 Å². The van der Waals surface area contributed by atoms with Crippen molar-refractivity contribution in [3.8, 4) is 0 Å². The van der Waals surface area contributed by atoms with Gasteiger partial charge in [-0.05, 0) is 26.7 Å². The smallest absolute Gasteiger partial charge is 0.302 e. The second kappa shape index (κ2) is 6.40. The van der Waals surface area contributed by atoms with Crippen LogP contribution in [-0.2, 0) is 19.1 Å². The summed E-state index contributed by atoms with van der Waals surface area (Å²) in [6.07, 6.45) is 0.160. The third-order valence-corrected chi connectivity index (χ3v) is 1.66. The molecule has 0 radical (unpaired) electrons. The summed E-state index contributed by atoms with van der Waals surface area (Å²) in [7, 11) is 0. The van der Waals surface area contributed by atoms with Crippen molar-refractivity contribution in [1.82, 2.24) is 0 Å². The van der Waals surface area contributed by atoms with Crippen LogP contribution in [0.4, 0.5) is 0 Å². The SMILES string of the molecule is [2H]C([2H])([2H])C(=O)O[C@H](C)CC[C@H](C)OC(C)=O. The fourth-order valence-corrected chi connectivity index (χ4v) is 1.05. The molecule has 0 N–H and O–H groups in total. The monoisotopic (exact) mass is 205 g/mol. The Balaban J connectivity index is 3.91. The third-order valence-electron chi connectivity index (χ3n) is 1.66. The van der Waals surface area contributed by atoms with E-state index in [-0.39, 0.29) is 12.1 Å². The van der Waals surface area contributed by atoms with Gasteiger partial charge in [-0.15, -0.1) is 0 Å². The molecule has 0 unspecified atom stereocenters. The molecular weight excluding hydrogens is 184 g/mol. The first-order chi connectivity index (χ1) is 7.62. The molecule has 0 fully saturated rings. The summed E-state index contributed by atoms with van der Waals surface area (Å²) in [6.45, 7) is 1.91. The van der Waals surface area contributed by atoms with E-state index in [1.165, 1.54) is 6.92 Å². The Hall–Kier alpha value is -1.06. The van der Waals surface area contributed by atoms with Gasteiger partial charge in [-0.2, -0.15) is 0 Å². The number of rotatable bonds is 5. The van der Waals surface area contributed by atoms with Crippen LogP contribution in [-0.4, -0.2) is 24.1 Å². The van der Waals surface area contributed by atoms with Gasteiger partial charge in [0.15, 0.2) is 0 Å². The molecule has 0 aromatic carbocycles. The first-order valence-corrected chi connectivity index (χ1v) is 4.51. The fraction of sp³-hybridized carbons (Fsp3) is 0.800. The van der Waals surface area contributed by atoms with Crippen LogP contribution in [0.3, 0.4) is 0 Å². The lowest BCUT2D eigenvalue weighted by molar-refractivity contribution is -0.149. The number of hydrogen-bond donors (Lipinski definition) is 0. The number of hydrogen-bond acceptors (Lipinski definition) is 4. The van der Waals surface area contributed by atoms with E-state index >= 15 is 0 Å². The second-order valence-electron chi connectivity index (χ2n) is 3.21. The van der Waals surface area contributed by atoms with Gasteiger partial charge in [-0.25, -0.2) is 0 Å². The summed E-state index contributed by atoms with van der Waals surface area (Å²) in [4.78, 5) is 21.7. The van der Waals surface area contributed by atoms with Gasteiger partial charge in [0, 0.05) is 17.9 Å². The van der Waals surface area contributed by atoms with Gasteiger partial charge in [0.1, 0.15) is 0 Å². The summed E-state index contributed by atoms with van der Waals surface area (Å²) in [6, 6.07) is 0. The van der Waals surface area contributed by atoms with Crippen molar-refractivity contribution in [2.75, 3.05) is 0 Å². The standard InChI is InChI=1S/C10H18O4/c1-7(13-9(3)11)5-6-8(2)14-10(4)12/h7-8H,5-6H2,1-4H3/t7-,8+/i3D3/m1/s1. The Bertz CT molecular complexity index is 275. The van der Waals surface area contributed by atoms with E-state index in [0.717, 1.165) is 0 Å². The summed E-state index contributed by atoms with van der Waals surface area (Å²) in [5, 5.41) is 0. The van der Waals surface area contributed by atoms with Crippen molar-refractivity contribution in [2.24, 2.45) is 0 Å².